The molecule has 13 heavy (non-hydrogen) atoms. The molecule has 0 rings (SSSR count). The fourth-order valence-corrected chi connectivity index (χ4v) is 0.680. The highest BCUT2D eigenvalue weighted by molar-refractivity contribution is 6.19. The number of rotatable bonds is 5. The molecule has 0 radical (unpaired) electrons. The zero-order chi connectivity index (χ0) is 10.5. The van der Waals surface area contributed by atoms with Gasteiger partial charge in [-0.3, -0.25) is 4.79 Å². The summed E-state index contributed by atoms with van der Waals surface area (Å²) in [5, 5.41) is 0. The summed E-state index contributed by atoms with van der Waals surface area (Å²) in [5.41, 5.74) is -0.576. The van der Waals surface area contributed by atoms with E-state index in [2.05, 4.69) is 0 Å². The van der Waals surface area contributed by atoms with Gasteiger partial charge in [-0.05, 0) is 27.9 Å². The molecule has 0 aliphatic rings. The van der Waals surface area contributed by atoms with Crippen LogP contribution in [0.2, 0.25) is 0 Å². The van der Waals surface area contributed by atoms with Crippen molar-refractivity contribution in [3.05, 3.63) is 0 Å². The van der Waals surface area contributed by atoms with Crippen LogP contribution >= 0.6 is 11.6 Å². The first-order chi connectivity index (χ1) is 5.90. The van der Waals surface area contributed by atoms with Crippen LogP contribution in [0, 0.1) is 5.41 Å². The molecule has 0 aromatic heterocycles. The molecule has 0 spiro atoms. The molecule has 3 nitrogen and oxygen atoms in total. The fraction of sp³-hybridized carbons (Fsp3) is 0.889. The molecular weight excluding hydrogens is 190 g/mol. The summed E-state index contributed by atoms with van der Waals surface area (Å²) in [4.78, 5) is 13.3. The molecule has 0 unspecified atom stereocenters. The van der Waals surface area contributed by atoms with Crippen LogP contribution < -0.4 is 0 Å². The smallest absolute Gasteiger partial charge is 0.312 e. The third-order valence-electron chi connectivity index (χ3n) is 1.66. The SMILES string of the molecule is CN(C)CCOC(=O)C(C)(C)CCl. The van der Waals surface area contributed by atoms with Crippen LogP contribution in [0.1, 0.15) is 13.8 Å². The molecule has 0 atom stereocenters. The Morgan fingerprint density at radius 3 is 2.38 bits per heavy atom. The minimum absolute atomic E-state index is 0.232. The maximum atomic E-state index is 11.4. The lowest BCUT2D eigenvalue weighted by atomic mass is 9.97. The highest BCUT2D eigenvalue weighted by Gasteiger charge is 2.27. The average molecular weight is 208 g/mol. The zero-order valence-electron chi connectivity index (χ0n) is 8.76. The van der Waals surface area contributed by atoms with Gasteiger partial charge in [0.05, 0.1) is 5.41 Å². The lowest BCUT2D eigenvalue weighted by Crippen LogP contribution is -2.30. The molecule has 78 valence electrons. The van der Waals surface area contributed by atoms with Crippen LogP contribution in [0.25, 0.3) is 0 Å². The Bertz CT molecular complexity index is 169. The molecule has 0 saturated carbocycles. The lowest BCUT2D eigenvalue weighted by Gasteiger charge is -2.19. The van der Waals surface area contributed by atoms with Crippen LogP contribution in [-0.4, -0.2) is 44.0 Å². The van der Waals surface area contributed by atoms with Gasteiger partial charge in [0, 0.05) is 12.4 Å². The normalized spacial score (nSPS) is 11.8. The van der Waals surface area contributed by atoms with Gasteiger partial charge in [0.2, 0.25) is 0 Å². The Kier molecular flexibility index (Phi) is 5.33. The predicted octanol–water partition coefficient (Wildman–Crippen LogP) is 1.36. The molecule has 0 aromatic rings. The van der Waals surface area contributed by atoms with Gasteiger partial charge in [-0.25, -0.2) is 0 Å². The van der Waals surface area contributed by atoms with Crippen molar-refractivity contribution < 1.29 is 9.53 Å². The summed E-state index contributed by atoms with van der Waals surface area (Å²) in [7, 11) is 3.86. The van der Waals surface area contributed by atoms with Crippen LogP contribution in [-0.2, 0) is 9.53 Å². The number of hydrogen-bond donors (Lipinski definition) is 0. The number of hydrogen-bond acceptors (Lipinski definition) is 3. The molecule has 0 amide bonds. The Morgan fingerprint density at radius 2 is 2.00 bits per heavy atom. The Labute approximate surface area is 85.0 Å². The van der Waals surface area contributed by atoms with Gasteiger partial charge in [-0.1, -0.05) is 0 Å². The third kappa shape index (κ3) is 5.11. The predicted molar refractivity (Wildman–Crippen MR) is 54.0 cm³/mol. The quantitative estimate of drug-likeness (QED) is 0.504. The molecular formula is C9H18ClNO2. The summed E-state index contributed by atoms with van der Waals surface area (Å²) in [6.45, 7) is 4.71. The first kappa shape index (κ1) is 12.7. The number of carbonyl (C=O) groups is 1. The van der Waals surface area contributed by atoms with Gasteiger partial charge in [-0.2, -0.15) is 0 Å². The van der Waals surface area contributed by atoms with E-state index >= 15 is 0 Å². The number of esters is 1. The molecule has 0 aromatic carbocycles. The highest BCUT2D eigenvalue weighted by atomic mass is 35.5. The van der Waals surface area contributed by atoms with E-state index in [4.69, 9.17) is 16.3 Å². The topological polar surface area (TPSA) is 29.5 Å². The van der Waals surface area contributed by atoms with Gasteiger partial charge >= 0.3 is 5.97 Å². The van der Waals surface area contributed by atoms with Crippen molar-refractivity contribution in [1.82, 2.24) is 4.90 Å². The number of carbonyl (C=O) groups excluding carboxylic acids is 1. The van der Waals surface area contributed by atoms with E-state index in [1.807, 2.05) is 19.0 Å². The van der Waals surface area contributed by atoms with Gasteiger partial charge < -0.3 is 9.64 Å². The zero-order valence-corrected chi connectivity index (χ0v) is 9.52. The number of halogens is 1. The molecule has 4 heteroatoms. The van der Waals surface area contributed by atoms with E-state index in [0.717, 1.165) is 6.54 Å². The van der Waals surface area contributed by atoms with Crippen molar-refractivity contribution in [3.63, 3.8) is 0 Å². The molecule has 0 aliphatic heterocycles. The Morgan fingerprint density at radius 1 is 1.46 bits per heavy atom. The lowest BCUT2D eigenvalue weighted by molar-refractivity contribution is -0.152. The molecule has 0 heterocycles. The van der Waals surface area contributed by atoms with Crippen LogP contribution in [0.4, 0.5) is 0 Å². The fourth-order valence-electron chi connectivity index (χ4n) is 0.571. The summed E-state index contributed by atoms with van der Waals surface area (Å²) in [5.74, 6) is 0.0534. The largest absolute Gasteiger partial charge is 0.464 e. The number of nitrogens with zero attached hydrogens (tertiary/aromatic N) is 1. The Balaban J connectivity index is 3.75. The van der Waals surface area contributed by atoms with E-state index in [1.165, 1.54) is 0 Å². The molecule has 0 saturated heterocycles. The van der Waals surface area contributed by atoms with E-state index in [1.54, 1.807) is 13.8 Å². The summed E-state index contributed by atoms with van der Waals surface area (Å²) < 4.78 is 5.04. The first-order valence-corrected chi connectivity index (χ1v) is 4.81. The average Bonchev–Trinajstić information content (AvgIpc) is 2.03. The molecule has 0 aliphatic carbocycles. The maximum Gasteiger partial charge on any atom is 0.312 e. The minimum atomic E-state index is -0.576. The van der Waals surface area contributed by atoms with Crippen molar-refractivity contribution in [2.75, 3.05) is 33.1 Å². The standard InChI is InChI=1S/C9H18ClNO2/c1-9(2,7-10)8(12)13-6-5-11(3)4/h5-7H2,1-4H3. The summed E-state index contributed by atoms with van der Waals surface area (Å²) in [6, 6.07) is 0. The molecule has 0 bridgehead atoms. The van der Waals surface area contributed by atoms with Crippen molar-refractivity contribution in [3.8, 4) is 0 Å². The summed E-state index contributed by atoms with van der Waals surface area (Å²) >= 11 is 5.62. The second-order valence-corrected chi connectivity index (χ2v) is 4.22. The molecule has 0 fully saturated rings. The minimum Gasteiger partial charge on any atom is -0.464 e. The monoisotopic (exact) mass is 207 g/mol. The Hall–Kier alpha value is -0.280. The van der Waals surface area contributed by atoms with Gasteiger partial charge in [-0.15, -0.1) is 11.6 Å². The van der Waals surface area contributed by atoms with Gasteiger partial charge in [0.15, 0.2) is 0 Å². The highest BCUT2D eigenvalue weighted by Crippen LogP contribution is 2.18. The second kappa shape index (κ2) is 5.45. The van der Waals surface area contributed by atoms with Crippen LogP contribution in [0.3, 0.4) is 0 Å². The van der Waals surface area contributed by atoms with Crippen molar-refractivity contribution in [1.29, 1.82) is 0 Å². The third-order valence-corrected chi connectivity index (χ3v) is 2.33. The van der Waals surface area contributed by atoms with E-state index in [0.29, 0.717) is 6.61 Å². The van der Waals surface area contributed by atoms with E-state index < -0.39 is 5.41 Å². The van der Waals surface area contributed by atoms with Crippen molar-refractivity contribution in [2.24, 2.45) is 5.41 Å². The van der Waals surface area contributed by atoms with E-state index in [-0.39, 0.29) is 11.8 Å². The summed E-state index contributed by atoms with van der Waals surface area (Å²) in [6.07, 6.45) is 0. The molecule has 0 N–H and O–H groups in total. The van der Waals surface area contributed by atoms with Gasteiger partial charge in [0.25, 0.3) is 0 Å². The second-order valence-electron chi connectivity index (χ2n) is 3.96. The van der Waals surface area contributed by atoms with Crippen LogP contribution in [0.5, 0.6) is 0 Å². The number of alkyl halides is 1. The van der Waals surface area contributed by atoms with Crippen molar-refractivity contribution >= 4 is 17.6 Å². The van der Waals surface area contributed by atoms with Gasteiger partial charge in [0.1, 0.15) is 6.61 Å². The van der Waals surface area contributed by atoms with E-state index in [9.17, 15) is 4.79 Å². The van der Waals surface area contributed by atoms with Crippen LogP contribution in [0.15, 0.2) is 0 Å². The van der Waals surface area contributed by atoms with Crippen molar-refractivity contribution in [2.45, 2.75) is 13.8 Å². The number of ether oxygens (including phenoxy) is 1. The maximum absolute atomic E-state index is 11.4. The number of likely N-dealkylation sites (N-methyl/N-ethyl adjacent to an activating group) is 1. The first-order valence-electron chi connectivity index (χ1n) is 4.28.